The molecule has 0 amide bonds. The maximum absolute atomic E-state index is 5.68. The summed E-state index contributed by atoms with van der Waals surface area (Å²) in [6, 6.07) is 0. The fourth-order valence-electron chi connectivity index (χ4n) is 0.330. The molecule has 0 aromatic rings. The van der Waals surface area contributed by atoms with Gasteiger partial charge in [0, 0.05) is 5.03 Å². The zero-order valence-corrected chi connectivity index (χ0v) is 7.63. The van der Waals surface area contributed by atoms with Gasteiger partial charge in [0.2, 0.25) is 0 Å². The van der Waals surface area contributed by atoms with Crippen LogP contribution in [0.2, 0.25) is 0 Å². The largest absolute Gasteiger partial charge is 0.0961 e. The Labute approximate surface area is 71.8 Å². The van der Waals surface area contributed by atoms with Gasteiger partial charge < -0.3 is 0 Å². The lowest BCUT2D eigenvalue weighted by Crippen LogP contribution is -1.67. The predicted octanol–water partition coefficient (Wildman–Crippen LogP) is 3.83. The van der Waals surface area contributed by atoms with E-state index in [1.54, 1.807) is 13.0 Å². The molecule has 0 aliphatic heterocycles. The molecule has 0 saturated carbocycles. The Morgan fingerprint density at radius 2 is 1.70 bits per heavy atom. The second-order valence-electron chi connectivity index (χ2n) is 2.06. The Balaban J connectivity index is 4.16. The number of hydrogen-bond donors (Lipinski definition) is 0. The molecule has 0 radical (unpaired) electrons. The number of rotatable bonds is 2. The highest BCUT2D eigenvalue weighted by atomic mass is 35.5. The molecule has 0 fully saturated rings. The van der Waals surface area contributed by atoms with E-state index in [1.165, 1.54) is 0 Å². The molecule has 0 saturated heterocycles. The van der Waals surface area contributed by atoms with Crippen LogP contribution in [-0.2, 0) is 0 Å². The van der Waals surface area contributed by atoms with Crippen LogP contribution in [0.15, 0.2) is 34.4 Å². The van der Waals surface area contributed by atoms with Gasteiger partial charge in [-0.05, 0) is 19.9 Å². The van der Waals surface area contributed by atoms with Crippen molar-refractivity contribution in [2.45, 2.75) is 13.8 Å². The fraction of sp³-hybridized carbons (Fsp3) is 0.250. The zero-order chi connectivity index (χ0) is 8.15. The minimum Gasteiger partial charge on any atom is -0.0961 e. The van der Waals surface area contributed by atoms with Crippen LogP contribution in [0.3, 0.4) is 0 Å². The summed E-state index contributed by atoms with van der Waals surface area (Å²) < 4.78 is 0. The molecule has 0 N–H and O–H groups in total. The van der Waals surface area contributed by atoms with E-state index in [9.17, 15) is 0 Å². The van der Waals surface area contributed by atoms with Crippen molar-refractivity contribution in [1.82, 2.24) is 0 Å². The molecule has 56 valence electrons. The lowest BCUT2D eigenvalue weighted by molar-refractivity contribution is 1.54. The average Bonchev–Trinajstić information content (AvgIpc) is 1.82. The Kier molecular flexibility index (Phi) is 4.50. The molecule has 0 atom stereocenters. The lowest BCUT2D eigenvalue weighted by Gasteiger charge is -1.89. The van der Waals surface area contributed by atoms with E-state index >= 15 is 0 Å². The molecule has 2 heteroatoms. The van der Waals surface area contributed by atoms with Gasteiger partial charge >= 0.3 is 0 Å². The summed E-state index contributed by atoms with van der Waals surface area (Å²) in [5.41, 5.74) is 0.955. The van der Waals surface area contributed by atoms with E-state index in [-0.39, 0.29) is 0 Å². The van der Waals surface area contributed by atoms with Gasteiger partial charge in [0.1, 0.15) is 0 Å². The molecule has 0 spiro atoms. The third kappa shape index (κ3) is 4.66. The SMILES string of the molecule is C=C(C)/C=C\C(Cl)=C(/C)Cl. The van der Waals surface area contributed by atoms with Gasteiger partial charge in [-0.25, -0.2) is 0 Å². The van der Waals surface area contributed by atoms with E-state index in [2.05, 4.69) is 6.58 Å². The van der Waals surface area contributed by atoms with E-state index < -0.39 is 0 Å². The van der Waals surface area contributed by atoms with Crippen LogP contribution in [0.1, 0.15) is 13.8 Å². The molecule has 0 rings (SSSR count). The van der Waals surface area contributed by atoms with Crippen LogP contribution in [-0.4, -0.2) is 0 Å². The van der Waals surface area contributed by atoms with Gasteiger partial charge in [0.15, 0.2) is 0 Å². The fourth-order valence-corrected chi connectivity index (χ4v) is 0.456. The van der Waals surface area contributed by atoms with Gasteiger partial charge in [-0.15, -0.1) is 0 Å². The maximum atomic E-state index is 5.68. The molecule has 10 heavy (non-hydrogen) atoms. The quantitative estimate of drug-likeness (QED) is 0.562. The van der Waals surface area contributed by atoms with Crippen molar-refractivity contribution in [2.24, 2.45) is 0 Å². The summed E-state index contributed by atoms with van der Waals surface area (Å²) >= 11 is 11.3. The molecule has 0 aliphatic carbocycles. The molecule has 0 bridgehead atoms. The predicted molar refractivity (Wildman–Crippen MR) is 48.4 cm³/mol. The van der Waals surface area contributed by atoms with Crippen LogP contribution in [0.25, 0.3) is 0 Å². The molecule has 0 aromatic carbocycles. The Bertz CT molecular complexity index is 183. The second kappa shape index (κ2) is 4.59. The van der Waals surface area contributed by atoms with Crippen molar-refractivity contribution >= 4 is 23.2 Å². The van der Waals surface area contributed by atoms with Crippen LogP contribution >= 0.6 is 23.2 Å². The van der Waals surface area contributed by atoms with Gasteiger partial charge in [-0.3, -0.25) is 0 Å². The monoisotopic (exact) mass is 176 g/mol. The standard InChI is InChI=1S/C8H10Cl2/c1-6(2)4-5-8(10)7(3)9/h4-5H,1H2,2-3H3/b5-4-,8-7-. The molecule has 0 heterocycles. The second-order valence-corrected chi connectivity index (χ2v) is 3.04. The molecular weight excluding hydrogens is 167 g/mol. The Hall–Kier alpha value is -0.200. The number of hydrogen-bond acceptors (Lipinski definition) is 0. The first-order valence-electron chi connectivity index (χ1n) is 2.89. The maximum Gasteiger partial charge on any atom is 0.0548 e. The van der Waals surface area contributed by atoms with Gasteiger partial charge in [-0.1, -0.05) is 41.4 Å². The first-order chi connectivity index (χ1) is 4.54. The van der Waals surface area contributed by atoms with Crippen molar-refractivity contribution in [1.29, 1.82) is 0 Å². The summed E-state index contributed by atoms with van der Waals surface area (Å²) in [4.78, 5) is 0. The van der Waals surface area contributed by atoms with Crippen LogP contribution in [0, 0.1) is 0 Å². The minimum atomic E-state index is 0.560. The molecule has 0 aromatic heterocycles. The van der Waals surface area contributed by atoms with E-state index in [1.807, 2.05) is 13.0 Å². The molecule has 0 nitrogen and oxygen atoms in total. The first-order valence-corrected chi connectivity index (χ1v) is 3.65. The van der Waals surface area contributed by atoms with Crippen molar-refractivity contribution in [3.63, 3.8) is 0 Å². The highest BCUT2D eigenvalue weighted by Gasteiger charge is 1.88. The average molecular weight is 177 g/mol. The van der Waals surface area contributed by atoms with Crippen molar-refractivity contribution in [3.05, 3.63) is 34.4 Å². The highest BCUT2D eigenvalue weighted by Crippen LogP contribution is 2.14. The molecule has 0 aliphatic rings. The van der Waals surface area contributed by atoms with Gasteiger partial charge in [0.25, 0.3) is 0 Å². The van der Waals surface area contributed by atoms with Crippen molar-refractivity contribution in [2.75, 3.05) is 0 Å². The van der Waals surface area contributed by atoms with E-state index in [0.717, 1.165) is 5.57 Å². The van der Waals surface area contributed by atoms with Gasteiger partial charge in [0.05, 0.1) is 5.03 Å². The Morgan fingerprint density at radius 1 is 1.20 bits per heavy atom. The van der Waals surface area contributed by atoms with Crippen molar-refractivity contribution in [3.8, 4) is 0 Å². The topological polar surface area (TPSA) is 0 Å². The highest BCUT2D eigenvalue weighted by molar-refractivity contribution is 6.39. The normalized spacial score (nSPS) is 13.6. The minimum absolute atomic E-state index is 0.560. The third-order valence-corrected chi connectivity index (χ3v) is 1.55. The van der Waals surface area contributed by atoms with E-state index in [0.29, 0.717) is 10.1 Å². The summed E-state index contributed by atoms with van der Waals surface area (Å²) in [6.07, 6.45) is 3.54. The summed E-state index contributed by atoms with van der Waals surface area (Å²) in [7, 11) is 0. The summed E-state index contributed by atoms with van der Waals surface area (Å²) in [5, 5.41) is 1.16. The van der Waals surface area contributed by atoms with E-state index in [4.69, 9.17) is 23.2 Å². The Morgan fingerprint density at radius 3 is 2.00 bits per heavy atom. The lowest BCUT2D eigenvalue weighted by atomic mass is 10.3. The molecular formula is C8H10Cl2. The van der Waals surface area contributed by atoms with Crippen LogP contribution in [0.4, 0.5) is 0 Å². The number of halogens is 2. The smallest absolute Gasteiger partial charge is 0.0548 e. The van der Waals surface area contributed by atoms with Crippen LogP contribution < -0.4 is 0 Å². The van der Waals surface area contributed by atoms with Crippen molar-refractivity contribution < 1.29 is 0 Å². The zero-order valence-electron chi connectivity index (χ0n) is 6.12. The van der Waals surface area contributed by atoms with Gasteiger partial charge in [-0.2, -0.15) is 0 Å². The summed E-state index contributed by atoms with van der Waals surface area (Å²) in [5.74, 6) is 0. The molecule has 0 unspecified atom stereocenters. The first kappa shape index (κ1) is 9.80. The van der Waals surface area contributed by atoms with Crippen LogP contribution in [0.5, 0.6) is 0 Å². The third-order valence-electron chi connectivity index (χ3n) is 0.843. The number of allylic oxidation sites excluding steroid dienone is 5. The summed E-state index contributed by atoms with van der Waals surface area (Å²) in [6.45, 7) is 7.31.